The molecule has 1 aromatic rings. The minimum Gasteiger partial charge on any atom is -0.484 e. The molecule has 0 bridgehead atoms. The zero-order valence-corrected chi connectivity index (χ0v) is 10.4. The molecule has 0 atom stereocenters. The maximum absolute atomic E-state index is 11.7. The lowest BCUT2D eigenvalue weighted by atomic mass is 9.91. The second-order valence-corrected chi connectivity index (χ2v) is 4.69. The van der Waals surface area contributed by atoms with Crippen molar-refractivity contribution in [2.24, 2.45) is 0 Å². The van der Waals surface area contributed by atoms with E-state index in [1.54, 1.807) is 29.2 Å². The molecule has 0 radical (unpaired) electrons. The van der Waals surface area contributed by atoms with Crippen LogP contribution in [0.2, 0.25) is 0 Å². The van der Waals surface area contributed by atoms with Crippen LogP contribution in [0.15, 0.2) is 24.3 Å². The Labute approximate surface area is 106 Å². The third kappa shape index (κ3) is 2.73. The summed E-state index contributed by atoms with van der Waals surface area (Å²) in [5.41, 5.74) is 5.51. The molecule has 0 unspecified atom stereocenters. The van der Waals surface area contributed by atoms with Gasteiger partial charge in [0.15, 0.2) is 6.61 Å². The summed E-state index contributed by atoms with van der Waals surface area (Å²) >= 11 is 0. The number of β-amino-alcohol motifs (C(OH)–C–C–N with tert-alkyl or cyclic N) is 1. The Morgan fingerprint density at radius 3 is 2.89 bits per heavy atom. The van der Waals surface area contributed by atoms with Crippen LogP contribution in [0.5, 0.6) is 5.75 Å². The van der Waals surface area contributed by atoms with Crippen molar-refractivity contribution in [1.29, 1.82) is 0 Å². The van der Waals surface area contributed by atoms with Crippen molar-refractivity contribution in [2.45, 2.75) is 18.9 Å². The summed E-state index contributed by atoms with van der Waals surface area (Å²) in [4.78, 5) is 13.3. The molecule has 1 aliphatic rings. The van der Waals surface area contributed by atoms with Crippen molar-refractivity contribution in [2.75, 3.05) is 25.4 Å². The lowest BCUT2D eigenvalue weighted by Crippen LogP contribution is -2.63. The molecule has 1 heterocycles. The van der Waals surface area contributed by atoms with Crippen LogP contribution >= 0.6 is 0 Å². The summed E-state index contributed by atoms with van der Waals surface area (Å²) in [6.07, 6.45) is 0.660. The minimum absolute atomic E-state index is 0.0246. The second kappa shape index (κ2) is 4.86. The van der Waals surface area contributed by atoms with E-state index < -0.39 is 5.60 Å². The zero-order valence-electron chi connectivity index (χ0n) is 10.4. The van der Waals surface area contributed by atoms with E-state index in [2.05, 4.69) is 0 Å². The largest absolute Gasteiger partial charge is 0.484 e. The number of benzene rings is 1. The van der Waals surface area contributed by atoms with E-state index in [0.717, 1.165) is 0 Å². The monoisotopic (exact) mass is 250 g/mol. The highest BCUT2D eigenvalue weighted by Crippen LogP contribution is 2.24. The molecule has 0 spiro atoms. The molecule has 2 rings (SSSR count). The molecule has 5 nitrogen and oxygen atoms in total. The van der Waals surface area contributed by atoms with Crippen LogP contribution in [0.3, 0.4) is 0 Å². The van der Waals surface area contributed by atoms with E-state index in [1.165, 1.54) is 0 Å². The molecule has 1 saturated heterocycles. The quantitative estimate of drug-likeness (QED) is 0.769. The Morgan fingerprint density at radius 2 is 2.28 bits per heavy atom. The number of ether oxygens (including phenoxy) is 1. The molecule has 0 saturated carbocycles. The van der Waals surface area contributed by atoms with Crippen molar-refractivity contribution in [1.82, 2.24) is 4.90 Å². The molecule has 0 aliphatic carbocycles. The van der Waals surface area contributed by atoms with E-state index in [4.69, 9.17) is 10.5 Å². The van der Waals surface area contributed by atoms with Gasteiger partial charge in [-0.05, 0) is 18.6 Å². The van der Waals surface area contributed by atoms with Gasteiger partial charge in [-0.2, -0.15) is 0 Å². The Hall–Kier alpha value is -1.75. The third-order valence-electron chi connectivity index (χ3n) is 3.20. The van der Waals surface area contributed by atoms with Gasteiger partial charge in [0.1, 0.15) is 5.75 Å². The first-order chi connectivity index (χ1) is 8.52. The first kappa shape index (κ1) is 12.7. The number of carbonyl (C=O) groups is 1. The van der Waals surface area contributed by atoms with Crippen LogP contribution < -0.4 is 10.5 Å². The number of hydrogen-bond donors (Lipinski definition) is 2. The number of amides is 1. The first-order valence-corrected chi connectivity index (χ1v) is 6.01. The summed E-state index contributed by atoms with van der Waals surface area (Å²) in [5.74, 6) is 0.463. The van der Waals surface area contributed by atoms with Gasteiger partial charge < -0.3 is 20.5 Å². The Morgan fingerprint density at radius 1 is 1.56 bits per heavy atom. The van der Waals surface area contributed by atoms with Gasteiger partial charge in [0.25, 0.3) is 5.91 Å². The number of nitrogens with zero attached hydrogens (tertiary/aromatic N) is 1. The van der Waals surface area contributed by atoms with Gasteiger partial charge >= 0.3 is 0 Å². The number of likely N-dealkylation sites (tertiary alicyclic amines) is 1. The fourth-order valence-corrected chi connectivity index (χ4v) is 1.90. The second-order valence-electron chi connectivity index (χ2n) is 4.69. The van der Waals surface area contributed by atoms with Gasteiger partial charge in [0.05, 0.1) is 18.7 Å². The number of nitrogens with two attached hydrogens (primary N) is 1. The van der Waals surface area contributed by atoms with Crippen LogP contribution in [0, 0.1) is 0 Å². The molecule has 98 valence electrons. The lowest BCUT2D eigenvalue weighted by Gasteiger charge is -2.45. The SMILES string of the molecule is CCC1(O)CN(C(=O)COc2cccc(N)c2)C1. The van der Waals surface area contributed by atoms with Gasteiger partial charge in [-0.25, -0.2) is 0 Å². The van der Waals surface area contributed by atoms with Gasteiger partial charge in [-0.1, -0.05) is 13.0 Å². The van der Waals surface area contributed by atoms with Gasteiger partial charge in [-0.15, -0.1) is 0 Å². The fraction of sp³-hybridized carbons (Fsp3) is 0.462. The van der Waals surface area contributed by atoms with Crippen molar-refractivity contribution in [3.63, 3.8) is 0 Å². The maximum atomic E-state index is 11.7. The predicted octanol–water partition coefficient (Wildman–Crippen LogP) is 0.631. The van der Waals surface area contributed by atoms with E-state index in [1.807, 2.05) is 6.92 Å². The molecular formula is C13H18N2O3. The first-order valence-electron chi connectivity index (χ1n) is 6.01. The maximum Gasteiger partial charge on any atom is 0.260 e. The van der Waals surface area contributed by atoms with Gasteiger partial charge in [-0.3, -0.25) is 4.79 Å². The third-order valence-corrected chi connectivity index (χ3v) is 3.20. The molecule has 0 aromatic heterocycles. The molecular weight excluding hydrogens is 232 g/mol. The van der Waals surface area contributed by atoms with Crippen LogP contribution in [0.4, 0.5) is 5.69 Å². The molecule has 5 heteroatoms. The van der Waals surface area contributed by atoms with E-state index in [9.17, 15) is 9.90 Å². The standard InChI is InChI=1S/C13H18N2O3/c1-2-13(17)8-15(9-13)12(16)7-18-11-5-3-4-10(14)6-11/h3-6,17H,2,7-9,14H2,1H3. The normalized spacial score (nSPS) is 17.1. The minimum atomic E-state index is -0.702. The number of hydrogen-bond acceptors (Lipinski definition) is 4. The summed E-state index contributed by atoms with van der Waals surface area (Å²) in [6.45, 7) is 2.67. The molecule has 1 fully saturated rings. The molecule has 1 aromatic carbocycles. The fourth-order valence-electron chi connectivity index (χ4n) is 1.90. The highest BCUT2D eigenvalue weighted by Gasteiger charge is 2.41. The van der Waals surface area contributed by atoms with E-state index >= 15 is 0 Å². The average molecular weight is 250 g/mol. The Bertz CT molecular complexity index is 442. The number of carbonyl (C=O) groups excluding carboxylic acids is 1. The van der Waals surface area contributed by atoms with Crippen molar-refractivity contribution >= 4 is 11.6 Å². The molecule has 18 heavy (non-hydrogen) atoms. The molecule has 1 aliphatic heterocycles. The van der Waals surface area contributed by atoms with E-state index in [-0.39, 0.29) is 12.5 Å². The molecule has 1 amide bonds. The number of aliphatic hydroxyl groups is 1. The van der Waals surface area contributed by atoms with E-state index in [0.29, 0.717) is 30.9 Å². The number of rotatable bonds is 4. The molecule has 3 N–H and O–H groups in total. The highest BCUT2D eigenvalue weighted by atomic mass is 16.5. The van der Waals surface area contributed by atoms with Crippen LogP contribution in [0.25, 0.3) is 0 Å². The summed E-state index contributed by atoms with van der Waals surface area (Å²) in [5, 5.41) is 9.81. The van der Waals surface area contributed by atoms with Gasteiger partial charge in [0, 0.05) is 11.8 Å². The smallest absolute Gasteiger partial charge is 0.260 e. The van der Waals surface area contributed by atoms with Crippen LogP contribution in [-0.4, -0.2) is 41.2 Å². The highest BCUT2D eigenvalue weighted by molar-refractivity contribution is 5.79. The predicted molar refractivity (Wildman–Crippen MR) is 68.2 cm³/mol. The Balaban J connectivity index is 1.80. The summed E-state index contributed by atoms with van der Waals surface area (Å²) < 4.78 is 5.35. The van der Waals surface area contributed by atoms with Crippen LogP contribution in [-0.2, 0) is 4.79 Å². The van der Waals surface area contributed by atoms with Crippen LogP contribution in [0.1, 0.15) is 13.3 Å². The number of nitrogen functional groups attached to an aromatic ring is 1. The summed E-state index contributed by atoms with van der Waals surface area (Å²) in [6, 6.07) is 6.95. The van der Waals surface area contributed by atoms with Crippen molar-refractivity contribution in [3.05, 3.63) is 24.3 Å². The average Bonchev–Trinajstić information content (AvgIpc) is 2.32. The summed E-state index contributed by atoms with van der Waals surface area (Å²) in [7, 11) is 0. The van der Waals surface area contributed by atoms with Crippen molar-refractivity contribution < 1.29 is 14.6 Å². The zero-order chi connectivity index (χ0) is 13.2. The number of anilines is 1. The Kier molecular flexibility index (Phi) is 3.43. The topological polar surface area (TPSA) is 75.8 Å². The van der Waals surface area contributed by atoms with Crippen molar-refractivity contribution in [3.8, 4) is 5.75 Å². The van der Waals surface area contributed by atoms with Gasteiger partial charge in [0.2, 0.25) is 0 Å². The lowest BCUT2D eigenvalue weighted by molar-refractivity contribution is -0.157.